The third-order valence-corrected chi connectivity index (χ3v) is 6.75. The molecule has 11 nitrogen and oxygen atoms in total. The first kappa shape index (κ1) is 25.8. The average molecular weight is 502 g/mol. The number of benzene rings is 1. The molecular formula is C21H28FN3O8S. The lowest BCUT2D eigenvalue weighted by Gasteiger charge is -2.26. The van der Waals surface area contributed by atoms with E-state index in [9.17, 15) is 36.9 Å². The van der Waals surface area contributed by atoms with E-state index in [-0.39, 0.29) is 31.3 Å². The molecule has 1 aliphatic carbocycles. The normalized spacial score (nSPS) is 20.7. The molecule has 188 valence electrons. The molecule has 34 heavy (non-hydrogen) atoms. The predicted molar refractivity (Wildman–Crippen MR) is 116 cm³/mol. The van der Waals surface area contributed by atoms with Gasteiger partial charge in [0.15, 0.2) is 0 Å². The van der Waals surface area contributed by atoms with Crippen molar-refractivity contribution >= 4 is 28.0 Å². The van der Waals surface area contributed by atoms with Crippen LogP contribution in [0.2, 0.25) is 0 Å². The minimum Gasteiger partial charge on any atom is -0.445 e. The molecule has 0 bridgehead atoms. The molecule has 5 N–H and O–H groups in total. The first-order valence-electron chi connectivity index (χ1n) is 10.9. The minimum atomic E-state index is -4.94. The van der Waals surface area contributed by atoms with Crippen molar-refractivity contribution in [3.8, 4) is 0 Å². The molecule has 0 aromatic heterocycles. The molecule has 3 amide bonds. The maximum absolute atomic E-state index is 13.3. The number of carbonyl (C=O) groups is 3. The van der Waals surface area contributed by atoms with E-state index < -0.39 is 51.4 Å². The van der Waals surface area contributed by atoms with E-state index in [1.165, 1.54) is 18.2 Å². The van der Waals surface area contributed by atoms with Gasteiger partial charge in [0.25, 0.3) is 10.1 Å². The van der Waals surface area contributed by atoms with Crippen LogP contribution in [0.15, 0.2) is 24.3 Å². The summed E-state index contributed by atoms with van der Waals surface area (Å²) in [4.78, 5) is 37.1. The molecule has 1 saturated heterocycles. The van der Waals surface area contributed by atoms with Gasteiger partial charge in [0.2, 0.25) is 17.3 Å². The zero-order valence-electron chi connectivity index (χ0n) is 18.3. The number of hydrogen-bond donors (Lipinski definition) is 5. The third kappa shape index (κ3) is 7.64. The second-order valence-electron chi connectivity index (χ2n) is 8.61. The molecule has 1 aromatic carbocycles. The summed E-state index contributed by atoms with van der Waals surface area (Å²) in [5, 5.41) is 17.5. The molecule has 3 rings (SSSR count). The number of ether oxygens (including phenoxy) is 1. The fourth-order valence-electron chi connectivity index (χ4n) is 3.79. The van der Waals surface area contributed by atoms with E-state index in [1.807, 2.05) is 0 Å². The van der Waals surface area contributed by atoms with E-state index >= 15 is 0 Å². The highest BCUT2D eigenvalue weighted by Gasteiger charge is 2.38. The number of carbonyl (C=O) groups excluding carboxylic acids is 3. The highest BCUT2D eigenvalue weighted by atomic mass is 32.2. The molecular weight excluding hydrogens is 473 g/mol. The van der Waals surface area contributed by atoms with E-state index in [0.29, 0.717) is 18.5 Å². The average Bonchev–Trinajstić information content (AvgIpc) is 3.50. The number of hydrogen-bond acceptors (Lipinski definition) is 7. The quantitative estimate of drug-likeness (QED) is 0.272. The van der Waals surface area contributed by atoms with Crippen LogP contribution in [0.25, 0.3) is 0 Å². The number of nitrogens with one attached hydrogen (secondary N) is 3. The summed E-state index contributed by atoms with van der Waals surface area (Å²) >= 11 is 0. The second kappa shape index (κ2) is 11.1. The predicted octanol–water partition coefficient (Wildman–Crippen LogP) is 0.438. The minimum absolute atomic E-state index is 0.171. The van der Waals surface area contributed by atoms with Crippen molar-refractivity contribution in [3.05, 3.63) is 35.6 Å². The van der Waals surface area contributed by atoms with Gasteiger partial charge in [0.1, 0.15) is 18.5 Å². The topological polar surface area (TPSA) is 171 Å². The molecule has 0 radical (unpaired) electrons. The molecule has 1 saturated carbocycles. The molecule has 1 aliphatic heterocycles. The Morgan fingerprint density at radius 1 is 1.21 bits per heavy atom. The van der Waals surface area contributed by atoms with Crippen LogP contribution in [0, 0.1) is 17.7 Å². The first-order chi connectivity index (χ1) is 16.0. The second-order valence-corrected chi connectivity index (χ2v) is 10.1. The molecule has 1 unspecified atom stereocenters. The number of amides is 3. The lowest BCUT2D eigenvalue weighted by atomic mass is 9.98. The van der Waals surface area contributed by atoms with Gasteiger partial charge in [0, 0.05) is 12.5 Å². The smallest absolute Gasteiger partial charge is 0.408 e. The van der Waals surface area contributed by atoms with Gasteiger partial charge in [-0.2, -0.15) is 8.42 Å². The summed E-state index contributed by atoms with van der Waals surface area (Å²) in [5.41, 5.74) is -1.95. The fourth-order valence-corrected chi connectivity index (χ4v) is 4.39. The maximum Gasteiger partial charge on any atom is 0.408 e. The van der Waals surface area contributed by atoms with Gasteiger partial charge in [-0.05, 0) is 42.9 Å². The van der Waals surface area contributed by atoms with Crippen molar-refractivity contribution in [2.24, 2.45) is 11.8 Å². The van der Waals surface area contributed by atoms with Crippen molar-refractivity contribution in [2.75, 3.05) is 6.54 Å². The zero-order chi connectivity index (χ0) is 24.9. The SMILES string of the molecule is O=C(N[C@@H](CC1CC1)C(=O)N[C@@H](C[C@@H]1CCNC1=O)C(O)S(=O)(=O)O)OCc1cccc(F)c1. The van der Waals surface area contributed by atoms with Crippen molar-refractivity contribution in [3.63, 3.8) is 0 Å². The van der Waals surface area contributed by atoms with E-state index in [2.05, 4.69) is 16.0 Å². The Bertz CT molecular complexity index is 1020. The lowest BCUT2D eigenvalue weighted by molar-refractivity contribution is -0.126. The molecule has 4 atom stereocenters. The van der Waals surface area contributed by atoms with E-state index in [4.69, 9.17) is 4.74 Å². The van der Waals surface area contributed by atoms with E-state index in [0.717, 1.165) is 12.8 Å². The standard InChI is InChI=1S/C21H28FN3O8S/c22-15-3-1-2-13(8-15)11-33-21(29)25-16(9-12-4-5-12)19(27)24-17(20(28)34(30,31)32)10-14-6-7-23-18(14)26/h1-3,8,12,14,16-17,20,28H,4-7,9-11H2,(H,23,26)(H,24,27)(H,25,29)(H,30,31,32)/t14-,16-,17-,20?/m0/s1. The van der Waals surface area contributed by atoms with Gasteiger partial charge < -0.3 is 25.8 Å². The maximum atomic E-state index is 13.3. The van der Waals surface area contributed by atoms with Gasteiger partial charge in [-0.15, -0.1) is 0 Å². The van der Waals surface area contributed by atoms with Crippen molar-refractivity contribution < 1.29 is 41.6 Å². The van der Waals surface area contributed by atoms with Gasteiger partial charge in [-0.1, -0.05) is 25.0 Å². The highest BCUT2D eigenvalue weighted by Crippen LogP contribution is 2.33. The Morgan fingerprint density at radius 3 is 2.53 bits per heavy atom. The Morgan fingerprint density at radius 2 is 1.94 bits per heavy atom. The fraction of sp³-hybridized carbons (Fsp3) is 0.571. The van der Waals surface area contributed by atoms with Crippen molar-refractivity contribution in [1.29, 1.82) is 0 Å². The summed E-state index contributed by atoms with van der Waals surface area (Å²) in [7, 11) is -4.94. The van der Waals surface area contributed by atoms with E-state index in [1.54, 1.807) is 6.07 Å². The Kier molecular flexibility index (Phi) is 8.44. The number of alkyl carbamates (subject to hydrolysis) is 1. The summed E-state index contributed by atoms with van der Waals surface area (Å²) < 4.78 is 50.7. The van der Waals surface area contributed by atoms with Crippen LogP contribution in [-0.4, -0.2) is 60.0 Å². The van der Waals surface area contributed by atoms with Gasteiger partial charge >= 0.3 is 6.09 Å². The van der Waals surface area contributed by atoms with Crippen LogP contribution in [-0.2, 0) is 31.1 Å². The zero-order valence-corrected chi connectivity index (χ0v) is 19.1. The number of aliphatic hydroxyl groups excluding tert-OH is 1. The molecule has 13 heteroatoms. The van der Waals surface area contributed by atoms with Gasteiger partial charge in [0.05, 0.1) is 6.04 Å². The Hall–Kier alpha value is -2.77. The van der Waals surface area contributed by atoms with Crippen LogP contribution in [0.1, 0.15) is 37.7 Å². The van der Waals surface area contributed by atoms with Crippen LogP contribution in [0.4, 0.5) is 9.18 Å². The largest absolute Gasteiger partial charge is 0.445 e. The van der Waals surface area contributed by atoms with Gasteiger partial charge in [-0.3, -0.25) is 14.1 Å². The van der Waals surface area contributed by atoms with Crippen LogP contribution in [0.5, 0.6) is 0 Å². The lowest BCUT2D eigenvalue weighted by Crippen LogP contribution is -2.54. The van der Waals surface area contributed by atoms with Crippen LogP contribution in [0.3, 0.4) is 0 Å². The highest BCUT2D eigenvalue weighted by molar-refractivity contribution is 7.86. The van der Waals surface area contributed by atoms with Crippen molar-refractivity contribution in [1.82, 2.24) is 16.0 Å². The molecule has 0 spiro atoms. The first-order valence-corrected chi connectivity index (χ1v) is 12.4. The summed E-state index contributed by atoms with van der Waals surface area (Å²) in [6.07, 6.45) is 1.16. The van der Waals surface area contributed by atoms with Gasteiger partial charge in [-0.25, -0.2) is 9.18 Å². The number of aliphatic hydroxyl groups is 1. The summed E-state index contributed by atoms with van der Waals surface area (Å²) in [5.74, 6) is -2.12. The third-order valence-electron chi connectivity index (χ3n) is 5.81. The Labute approximate surface area is 196 Å². The molecule has 2 aliphatic rings. The molecule has 2 fully saturated rings. The van der Waals surface area contributed by atoms with Crippen molar-refractivity contribution in [2.45, 2.75) is 56.2 Å². The molecule has 1 heterocycles. The number of halogens is 1. The Balaban J connectivity index is 1.65. The summed E-state index contributed by atoms with van der Waals surface area (Å²) in [6, 6.07) is 2.87. The summed E-state index contributed by atoms with van der Waals surface area (Å²) in [6.45, 7) is 0.136. The number of rotatable bonds is 11. The monoisotopic (exact) mass is 501 g/mol. The molecule has 1 aromatic rings. The van der Waals surface area contributed by atoms with Crippen LogP contribution >= 0.6 is 0 Å². The van der Waals surface area contributed by atoms with Crippen LogP contribution < -0.4 is 16.0 Å².